The van der Waals surface area contributed by atoms with Crippen molar-refractivity contribution in [2.45, 2.75) is 26.4 Å². The lowest BCUT2D eigenvalue weighted by atomic mass is 10.1. The zero-order valence-corrected chi connectivity index (χ0v) is 12.8. The number of hydrogen-bond donors (Lipinski definition) is 2. The molecule has 0 unspecified atom stereocenters. The minimum atomic E-state index is -0.0988. The first-order valence-electron chi connectivity index (χ1n) is 7.08. The number of hydrogen-bond acceptors (Lipinski definition) is 4. The van der Waals surface area contributed by atoms with Gasteiger partial charge in [0.15, 0.2) is 6.61 Å². The van der Waals surface area contributed by atoms with Gasteiger partial charge in [0.25, 0.3) is 5.91 Å². The Labute approximate surface area is 128 Å². The number of nitrogens with one attached hydrogen (secondary N) is 2. The van der Waals surface area contributed by atoms with E-state index in [1.807, 2.05) is 29.5 Å². The molecule has 1 aliphatic heterocycles. The average molecular weight is 302 g/mol. The Hall–Kier alpha value is -1.85. The zero-order chi connectivity index (χ0) is 14.7. The van der Waals surface area contributed by atoms with Crippen molar-refractivity contribution in [3.05, 3.63) is 45.6 Å². The van der Waals surface area contributed by atoms with Crippen molar-refractivity contribution in [3.8, 4) is 5.75 Å². The molecular formula is C16H18N2O2S. The van der Waals surface area contributed by atoms with Gasteiger partial charge in [0.1, 0.15) is 5.75 Å². The van der Waals surface area contributed by atoms with Crippen LogP contribution in [0.3, 0.4) is 0 Å². The summed E-state index contributed by atoms with van der Waals surface area (Å²) >= 11 is 1.85. The largest absolute Gasteiger partial charge is 0.482 e. The van der Waals surface area contributed by atoms with Crippen molar-refractivity contribution in [2.75, 3.05) is 11.9 Å². The first-order valence-corrected chi connectivity index (χ1v) is 7.90. The van der Waals surface area contributed by atoms with E-state index in [0.717, 1.165) is 36.5 Å². The molecule has 0 bridgehead atoms. The Morgan fingerprint density at radius 1 is 1.24 bits per heavy atom. The van der Waals surface area contributed by atoms with Crippen LogP contribution in [-0.2, 0) is 24.3 Å². The maximum absolute atomic E-state index is 11.3. The third-order valence-corrected chi connectivity index (χ3v) is 4.60. The molecule has 0 fully saturated rings. The van der Waals surface area contributed by atoms with Gasteiger partial charge in [-0.25, -0.2) is 0 Å². The molecule has 2 heterocycles. The smallest absolute Gasteiger partial charge is 0.262 e. The van der Waals surface area contributed by atoms with Crippen LogP contribution < -0.4 is 15.4 Å². The lowest BCUT2D eigenvalue weighted by Gasteiger charge is -2.18. The molecule has 0 radical (unpaired) electrons. The van der Waals surface area contributed by atoms with Crippen LogP contribution in [0.15, 0.2) is 30.3 Å². The van der Waals surface area contributed by atoms with Crippen molar-refractivity contribution in [3.63, 3.8) is 0 Å². The van der Waals surface area contributed by atoms with E-state index in [0.29, 0.717) is 0 Å². The molecule has 0 spiro atoms. The average Bonchev–Trinajstić information content (AvgIpc) is 2.95. The van der Waals surface area contributed by atoms with Gasteiger partial charge in [-0.2, -0.15) is 0 Å². The Bertz CT molecular complexity index is 651. The molecule has 2 aromatic rings. The van der Waals surface area contributed by atoms with Gasteiger partial charge in [0, 0.05) is 22.8 Å². The molecule has 1 amide bonds. The van der Waals surface area contributed by atoms with E-state index in [-0.39, 0.29) is 12.5 Å². The summed E-state index contributed by atoms with van der Waals surface area (Å²) in [5.74, 6) is 0.641. The Balaban J connectivity index is 1.58. The maximum atomic E-state index is 11.3. The molecule has 0 saturated carbocycles. The van der Waals surface area contributed by atoms with E-state index in [1.165, 1.54) is 9.75 Å². The summed E-state index contributed by atoms with van der Waals surface area (Å²) in [6, 6.07) is 10.3. The Morgan fingerprint density at radius 3 is 2.90 bits per heavy atom. The summed E-state index contributed by atoms with van der Waals surface area (Å²) in [4.78, 5) is 14.1. The van der Waals surface area contributed by atoms with Crippen molar-refractivity contribution < 1.29 is 9.53 Å². The van der Waals surface area contributed by atoms with Crippen molar-refractivity contribution in [1.82, 2.24) is 5.32 Å². The molecule has 1 aromatic carbocycles. The van der Waals surface area contributed by atoms with Gasteiger partial charge in [-0.15, -0.1) is 11.3 Å². The van der Waals surface area contributed by atoms with Gasteiger partial charge in [-0.3, -0.25) is 4.79 Å². The highest BCUT2D eigenvalue weighted by Crippen LogP contribution is 2.28. The number of ether oxygens (including phenoxy) is 1. The fourth-order valence-corrected chi connectivity index (χ4v) is 3.21. The van der Waals surface area contributed by atoms with Crippen LogP contribution in [0.4, 0.5) is 5.69 Å². The first-order chi connectivity index (χ1) is 10.2. The van der Waals surface area contributed by atoms with Crippen LogP contribution in [0.1, 0.15) is 22.2 Å². The van der Waals surface area contributed by atoms with Crippen LogP contribution in [0.25, 0.3) is 0 Å². The van der Waals surface area contributed by atoms with Gasteiger partial charge < -0.3 is 15.4 Å². The van der Waals surface area contributed by atoms with Gasteiger partial charge >= 0.3 is 0 Å². The SMILES string of the molecule is CCc1ccc(CNCc2ccc3c(c2)NC(=O)CO3)s1. The summed E-state index contributed by atoms with van der Waals surface area (Å²) in [6.45, 7) is 3.91. The number of thiophene rings is 1. The quantitative estimate of drug-likeness (QED) is 0.893. The van der Waals surface area contributed by atoms with E-state index >= 15 is 0 Å². The van der Waals surface area contributed by atoms with E-state index in [1.54, 1.807) is 0 Å². The van der Waals surface area contributed by atoms with Crippen LogP contribution in [0.2, 0.25) is 0 Å². The predicted octanol–water partition coefficient (Wildman–Crippen LogP) is 2.93. The number of benzene rings is 1. The highest BCUT2D eigenvalue weighted by atomic mass is 32.1. The molecule has 0 aliphatic carbocycles. The predicted molar refractivity (Wildman–Crippen MR) is 84.8 cm³/mol. The van der Waals surface area contributed by atoms with Crippen LogP contribution in [-0.4, -0.2) is 12.5 Å². The molecule has 21 heavy (non-hydrogen) atoms. The minimum absolute atomic E-state index is 0.0988. The number of aryl methyl sites for hydroxylation is 1. The molecule has 5 heteroatoms. The standard InChI is InChI=1S/C16H18N2O2S/c1-2-12-4-5-13(21-12)9-17-8-11-3-6-15-14(7-11)18-16(19)10-20-15/h3-7,17H,2,8-10H2,1H3,(H,18,19). The summed E-state index contributed by atoms with van der Waals surface area (Å²) in [7, 11) is 0. The molecule has 110 valence electrons. The first kappa shape index (κ1) is 14.1. The molecule has 0 atom stereocenters. The van der Waals surface area contributed by atoms with Crippen LogP contribution in [0.5, 0.6) is 5.75 Å². The van der Waals surface area contributed by atoms with Gasteiger partial charge in [-0.05, 0) is 36.2 Å². The number of carbonyl (C=O) groups is 1. The lowest BCUT2D eigenvalue weighted by Crippen LogP contribution is -2.25. The fourth-order valence-electron chi connectivity index (χ4n) is 2.28. The maximum Gasteiger partial charge on any atom is 0.262 e. The van der Waals surface area contributed by atoms with Crippen molar-refractivity contribution in [2.24, 2.45) is 0 Å². The Kier molecular flexibility index (Phi) is 4.22. The fraction of sp³-hybridized carbons (Fsp3) is 0.312. The topological polar surface area (TPSA) is 50.4 Å². The van der Waals surface area contributed by atoms with Gasteiger partial charge in [0.05, 0.1) is 5.69 Å². The molecule has 3 rings (SSSR count). The number of rotatable bonds is 5. The molecular weight excluding hydrogens is 284 g/mol. The Morgan fingerprint density at radius 2 is 2.10 bits per heavy atom. The number of amides is 1. The second-order valence-electron chi connectivity index (χ2n) is 4.99. The number of fused-ring (bicyclic) bond motifs is 1. The van der Waals surface area contributed by atoms with Crippen LogP contribution >= 0.6 is 11.3 Å². The van der Waals surface area contributed by atoms with Gasteiger partial charge in [-0.1, -0.05) is 13.0 Å². The van der Waals surface area contributed by atoms with E-state index in [2.05, 4.69) is 29.7 Å². The van der Waals surface area contributed by atoms with E-state index < -0.39 is 0 Å². The molecule has 1 aromatic heterocycles. The van der Waals surface area contributed by atoms with E-state index in [9.17, 15) is 4.79 Å². The molecule has 4 nitrogen and oxygen atoms in total. The van der Waals surface area contributed by atoms with Gasteiger partial charge in [0.2, 0.25) is 0 Å². The van der Waals surface area contributed by atoms with Crippen molar-refractivity contribution >= 4 is 22.9 Å². The minimum Gasteiger partial charge on any atom is -0.482 e. The molecule has 1 aliphatic rings. The summed E-state index contributed by atoms with van der Waals surface area (Å²) in [6.07, 6.45) is 1.09. The zero-order valence-electron chi connectivity index (χ0n) is 11.9. The third-order valence-electron chi connectivity index (χ3n) is 3.37. The second kappa shape index (κ2) is 6.28. The second-order valence-corrected chi connectivity index (χ2v) is 6.25. The number of anilines is 1. The summed E-state index contributed by atoms with van der Waals surface area (Å²) in [5.41, 5.74) is 1.89. The lowest BCUT2D eigenvalue weighted by molar-refractivity contribution is -0.118. The number of carbonyl (C=O) groups excluding carboxylic acids is 1. The molecule has 0 saturated heterocycles. The summed E-state index contributed by atoms with van der Waals surface area (Å²) < 4.78 is 5.35. The highest BCUT2D eigenvalue weighted by molar-refractivity contribution is 7.11. The van der Waals surface area contributed by atoms with Crippen molar-refractivity contribution in [1.29, 1.82) is 0 Å². The third kappa shape index (κ3) is 3.43. The van der Waals surface area contributed by atoms with E-state index in [4.69, 9.17) is 4.74 Å². The molecule has 2 N–H and O–H groups in total. The normalized spacial score (nSPS) is 13.5. The monoisotopic (exact) mass is 302 g/mol. The summed E-state index contributed by atoms with van der Waals surface area (Å²) in [5, 5.41) is 6.26. The highest BCUT2D eigenvalue weighted by Gasteiger charge is 2.15. The van der Waals surface area contributed by atoms with Crippen LogP contribution in [0, 0.1) is 0 Å².